The third-order valence-electron chi connectivity index (χ3n) is 2.43. The van der Waals surface area contributed by atoms with Crippen LogP contribution in [0.25, 0.3) is 0 Å². The van der Waals surface area contributed by atoms with E-state index in [0.29, 0.717) is 5.69 Å². The Hall–Kier alpha value is -2.70. The molecular weight excluding hydrogens is 255 g/mol. The maximum absolute atomic E-state index is 13.6. The summed E-state index contributed by atoms with van der Waals surface area (Å²) in [7, 11) is 0. The van der Waals surface area contributed by atoms with E-state index in [0.717, 1.165) is 12.5 Å². The van der Waals surface area contributed by atoms with Gasteiger partial charge in [-0.1, -0.05) is 6.07 Å². The molecule has 2 aromatic rings. The summed E-state index contributed by atoms with van der Waals surface area (Å²) in [5.74, 6) is -3.04. The van der Waals surface area contributed by atoms with Crippen LogP contribution in [0.2, 0.25) is 0 Å². The molecule has 0 aliphatic heterocycles. The second-order valence-electron chi connectivity index (χ2n) is 3.69. The monoisotopic (exact) mass is 264 g/mol. The average Bonchev–Trinajstić information content (AvgIpc) is 2.77. The number of carbonyl (C=O) groups is 2. The number of oxazole rings is 1. The number of aryl methyl sites for hydroxylation is 1. The molecule has 2 N–H and O–H groups in total. The number of rotatable bonds is 3. The number of aromatic nitrogens is 1. The Bertz CT molecular complexity index is 651. The van der Waals surface area contributed by atoms with Crippen molar-refractivity contribution < 1.29 is 23.5 Å². The number of halogens is 1. The van der Waals surface area contributed by atoms with E-state index in [9.17, 15) is 14.0 Å². The summed E-state index contributed by atoms with van der Waals surface area (Å²) in [5.41, 5.74) is -0.424. The lowest BCUT2D eigenvalue weighted by molar-refractivity contribution is 0.0697. The fraction of sp³-hybridized carbons (Fsp3) is 0.0833. The highest BCUT2D eigenvalue weighted by molar-refractivity contribution is 6.06. The molecule has 0 atom stereocenters. The predicted octanol–water partition coefficient (Wildman–Crippen LogP) is 2.07. The van der Waals surface area contributed by atoms with E-state index in [-0.39, 0.29) is 11.3 Å². The van der Waals surface area contributed by atoms with Gasteiger partial charge >= 0.3 is 5.97 Å². The topological polar surface area (TPSA) is 92.4 Å². The largest absolute Gasteiger partial charge is 0.478 e. The molecule has 0 saturated heterocycles. The number of carbonyl (C=O) groups excluding carboxylic acids is 1. The van der Waals surface area contributed by atoms with E-state index < -0.39 is 23.4 Å². The van der Waals surface area contributed by atoms with Crippen LogP contribution in [0.5, 0.6) is 0 Å². The maximum atomic E-state index is 13.6. The lowest BCUT2D eigenvalue weighted by atomic mass is 10.1. The lowest BCUT2D eigenvalue weighted by Crippen LogP contribution is -2.16. The number of hydrogen-bond donors (Lipinski definition) is 2. The van der Waals surface area contributed by atoms with Gasteiger partial charge < -0.3 is 14.8 Å². The Morgan fingerprint density at radius 1 is 1.42 bits per heavy atom. The molecular formula is C12H9FN2O4. The molecule has 0 unspecified atom stereocenters. The van der Waals surface area contributed by atoms with Crippen molar-refractivity contribution in [2.45, 2.75) is 6.92 Å². The van der Waals surface area contributed by atoms with Crippen molar-refractivity contribution in [2.75, 3.05) is 5.32 Å². The summed E-state index contributed by atoms with van der Waals surface area (Å²) < 4.78 is 18.4. The number of carboxylic acid groups (broad SMARTS) is 1. The van der Waals surface area contributed by atoms with Crippen LogP contribution >= 0.6 is 0 Å². The molecule has 0 aliphatic carbocycles. The van der Waals surface area contributed by atoms with E-state index >= 15 is 0 Å². The maximum Gasteiger partial charge on any atom is 0.337 e. The minimum atomic E-state index is -1.34. The van der Waals surface area contributed by atoms with E-state index in [2.05, 4.69) is 10.3 Å². The van der Waals surface area contributed by atoms with Gasteiger partial charge in [-0.25, -0.2) is 14.2 Å². The van der Waals surface area contributed by atoms with Gasteiger partial charge in [0.25, 0.3) is 5.91 Å². The molecule has 1 aromatic heterocycles. The lowest BCUT2D eigenvalue weighted by Gasteiger charge is -2.08. The van der Waals surface area contributed by atoms with Gasteiger partial charge in [-0.3, -0.25) is 4.79 Å². The van der Waals surface area contributed by atoms with Crippen LogP contribution in [0, 0.1) is 12.7 Å². The Labute approximate surface area is 106 Å². The first kappa shape index (κ1) is 12.7. The first-order chi connectivity index (χ1) is 9.00. The van der Waals surface area contributed by atoms with Gasteiger partial charge in [0.1, 0.15) is 5.82 Å². The molecule has 0 aliphatic rings. The zero-order valence-electron chi connectivity index (χ0n) is 9.81. The van der Waals surface area contributed by atoms with Crippen molar-refractivity contribution >= 4 is 17.6 Å². The molecule has 0 fully saturated rings. The average molecular weight is 264 g/mol. The Morgan fingerprint density at radius 2 is 2.16 bits per heavy atom. The second-order valence-corrected chi connectivity index (χ2v) is 3.69. The summed E-state index contributed by atoms with van der Waals surface area (Å²) in [6.45, 7) is 1.54. The van der Waals surface area contributed by atoms with Gasteiger partial charge in [0.15, 0.2) is 6.39 Å². The third kappa shape index (κ3) is 2.44. The van der Waals surface area contributed by atoms with Crippen molar-refractivity contribution in [1.82, 2.24) is 4.98 Å². The third-order valence-corrected chi connectivity index (χ3v) is 2.43. The summed E-state index contributed by atoms with van der Waals surface area (Å²) in [4.78, 5) is 26.5. The second kappa shape index (κ2) is 4.89. The van der Waals surface area contributed by atoms with Crippen LogP contribution in [0.15, 0.2) is 29.0 Å². The normalized spacial score (nSPS) is 10.2. The van der Waals surface area contributed by atoms with Crippen LogP contribution < -0.4 is 5.32 Å². The molecule has 19 heavy (non-hydrogen) atoms. The molecule has 0 bridgehead atoms. The highest BCUT2D eigenvalue weighted by Gasteiger charge is 2.20. The smallest absolute Gasteiger partial charge is 0.337 e. The van der Waals surface area contributed by atoms with Crippen molar-refractivity contribution in [2.24, 2.45) is 0 Å². The van der Waals surface area contributed by atoms with Crippen LogP contribution in [0.3, 0.4) is 0 Å². The zero-order chi connectivity index (χ0) is 14.0. The summed E-state index contributed by atoms with van der Waals surface area (Å²) in [6.07, 6.45) is 1.07. The van der Waals surface area contributed by atoms with E-state index in [1.807, 2.05) is 0 Å². The number of nitrogens with zero attached hydrogens (tertiary/aromatic N) is 1. The Morgan fingerprint density at radius 3 is 2.74 bits per heavy atom. The number of hydrogen-bond acceptors (Lipinski definition) is 4. The van der Waals surface area contributed by atoms with Crippen molar-refractivity contribution in [3.63, 3.8) is 0 Å². The van der Waals surface area contributed by atoms with E-state index in [1.54, 1.807) is 0 Å². The molecule has 2 rings (SSSR count). The van der Waals surface area contributed by atoms with Gasteiger partial charge in [0.2, 0.25) is 5.76 Å². The molecule has 1 amide bonds. The molecule has 0 radical (unpaired) electrons. The number of para-hydroxylation sites is 1. The highest BCUT2D eigenvalue weighted by Crippen LogP contribution is 2.21. The minimum Gasteiger partial charge on any atom is -0.478 e. The van der Waals surface area contributed by atoms with Gasteiger partial charge in [0.05, 0.1) is 16.9 Å². The molecule has 1 heterocycles. The number of carboxylic acids is 1. The van der Waals surface area contributed by atoms with E-state index in [1.165, 1.54) is 19.1 Å². The van der Waals surface area contributed by atoms with Crippen molar-refractivity contribution in [3.05, 3.63) is 47.4 Å². The number of aromatic carboxylic acids is 1. The highest BCUT2D eigenvalue weighted by atomic mass is 19.1. The number of nitrogens with one attached hydrogen (secondary N) is 1. The number of amides is 1. The summed E-state index contributed by atoms with van der Waals surface area (Å²) >= 11 is 0. The van der Waals surface area contributed by atoms with Crippen LogP contribution in [0.4, 0.5) is 10.1 Å². The van der Waals surface area contributed by atoms with Gasteiger partial charge in [-0.05, 0) is 19.1 Å². The van der Waals surface area contributed by atoms with Crippen molar-refractivity contribution in [1.29, 1.82) is 0 Å². The van der Waals surface area contributed by atoms with Gasteiger partial charge in [-0.15, -0.1) is 0 Å². The Kier molecular flexibility index (Phi) is 3.28. The van der Waals surface area contributed by atoms with Crippen LogP contribution in [-0.4, -0.2) is 22.0 Å². The van der Waals surface area contributed by atoms with Gasteiger partial charge in [0, 0.05) is 0 Å². The predicted molar refractivity (Wildman–Crippen MR) is 62.6 cm³/mol. The molecule has 1 aromatic carbocycles. The first-order valence-electron chi connectivity index (χ1n) is 5.24. The fourth-order valence-electron chi connectivity index (χ4n) is 1.52. The molecule has 7 heteroatoms. The number of anilines is 1. The number of benzene rings is 1. The Balaban J connectivity index is 2.36. The molecule has 0 saturated carbocycles. The molecule has 0 spiro atoms. The fourth-order valence-corrected chi connectivity index (χ4v) is 1.52. The summed E-state index contributed by atoms with van der Waals surface area (Å²) in [6, 6.07) is 3.48. The molecule has 6 nitrogen and oxygen atoms in total. The zero-order valence-corrected chi connectivity index (χ0v) is 9.81. The van der Waals surface area contributed by atoms with Crippen molar-refractivity contribution in [3.8, 4) is 0 Å². The first-order valence-corrected chi connectivity index (χ1v) is 5.24. The molecule has 98 valence electrons. The minimum absolute atomic E-state index is 0.0976. The SMILES string of the molecule is Cc1ncoc1C(=O)Nc1c(F)cccc1C(=O)O. The standard InChI is InChI=1S/C12H9FN2O4/c1-6-10(19-5-14-6)11(16)15-9-7(12(17)18)3-2-4-8(9)13/h2-5H,1H3,(H,15,16)(H,17,18). The summed E-state index contributed by atoms with van der Waals surface area (Å²) in [5, 5.41) is 11.1. The van der Waals surface area contributed by atoms with E-state index in [4.69, 9.17) is 9.52 Å². The quantitative estimate of drug-likeness (QED) is 0.885. The van der Waals surface area contributed by atoms with Crippen LogP contribution in [-0.2, 0) is 0 Å². The van der Waals surface area contributed by atoms with Gasteiger partial charge in [-0.2, -0.15) is 0 Å². The van der Waals surface area contributed by atoms with Crippen LogP contribution in [0.1, 0.15) is 26.6 Å².